The summed E-state index contributed by atoms with van der Waals surface area (Å²) in [6, 6.07) is 9.28. The highest BCUT2D eigenvalue weighted by Crippen LogP contribution is 2.33. The zero-order valence-electron chi connectivity index (χ0n) is 12.0. The highest BCUT2D eigenvalue weighted by molar-refractivity contribution is 6.30. The van der Waals surface area contributed by atoms with E-state index < -0.39 is 0 Å². The van der Waals surface area contributed by atoms with Crippen LogP contribution in [0.1, 0.15) is 44.7 Å². The minimum atomic E-state index is 0.471. The second-order valence-electron chi connectivity index (χ2n) is 5.73. The van der Waals surface area contributed by atoms with Crippen LogP contribution in [-0.4, -0.2) is 24.0 Å². The first-order chi connectivity index (χ1) is 9.15. The second kappa shape index (κ2) is 6.74. The molecule has 2 N–H and O–H groups in total. The highest BCUT2D eigenvalue weighted by atomic mass is 35.5. The SMILES string of the molecule is CCC(c1ccc(Cl)cc1)N1CCC(C)CC1CN. The highest BCUT2D eigenvalue weighted by Gasteiger charge is 2.30. The fourth-order valence-corrected chi connectivity index (χ4v) is 3.38. The molecule has 0 aliphatic carbocycles. The molecule has 1 heterocycles. The maximum absolute atomic E-state index is 5.99. The molecule has 19 heavy (non-hydrogen) atoms. The maximum Gasteiger partial charge on any atom is 0.0406 e. The lowest BCUT2D eigenvalue weighted by molar-refractivity contribution is 0.0733. The number of halogens is 1. The minimum Gasteiger partial charge on any atom is -0.329 e. The van der Waals surface area contributed by atoms with Crippen molar-refractivity contribution in [2.45, 2.75) is 45.2 Å². The number of nitrogens with two attached hydrogens (primary N) is 1. The molecule has 0 radical (unpaired) electrons. The van der Waals surface area contributed by atoms with Gasteiger partial charge in [-0.2, -0.15) is 0 Å². The Morgan fingerprint density at radius 3 is 2.63 bits per heavy atom. The lowest BCUT2D eigenvalue weighted by Crippen LogP contribution is -2.47. The van der Waals surface area contributed by atoms with Gasteiger partial charge in [0.1, 0.15) is 0 Å². The fourth-order valence-electron chi connectivity index (χ4n) is 3.26. The standard InChI is InChI=1S/C16H25ClN2/c1-3-16(13-4-6-14(17)7-5-13)19-9-8-12(2)10-15(19)11-18/h4-7,12,15-16H,3,8-11,18H2,1-2H3. The molecule has 0 bridgehead atoms. The van der Waals surface area contributed by atoms with Gasteiger partial charge in [0.05, 0.1) is 0 Å². The van der Waals surface area contributed by atoms with Crippen molar-refractivity contribution in [2.75, 3.05) is 13.1 Å². The summed E-state index contributed by atoms with van der Waals surface area (Å²) in [6.07, 6.45) is 3.62. The van der Waals surface area contributed by atoms with Crippen molar-refractivity contribution in [1.29, 1.82) is 0 Å². The molecule has 1 aromatic rings. The molecule has 0 saturated carbocycles. The summed E-state index contributed by atoms with van der Waals surface area (Å²) in [5.74, 6) is 0.799. The van der Waals surface area contributed by atoms with Crippen molar-refractivity contribution in [2.24, 2.45) is 11.7 Å². The van der Waals surface area contributed by atoms with Crippen LogP contribution in [-0.2, 0) is 0 Å². The van der Waals surface area contributed by atoms with E-state index in [9.17, 15) is 0 Å². The molecule has 0 spiro atoms. The number of piperidine rings is 1. The van der Waals surface area contributed by atoms with E-state index in [4.69, 9.17) is 17.3 Å². The molecule has 0 aromatic heterocycles. The van der Waals surface area contributed by atoms with Gasteiger partial charge in [0, 0.05) is 23.7 Å². The quantitative estimate of drug-likeness (QED) is 0.908. The molecule has 0 amide bonds. The molecule has 3 atom stereocenters. The van der Waals surface area contributed by atoms with Gasteiger partial charge < -0.3 is 5.73 Å². The van der Waals surface area contributed by atoms with Gasteiger partial charge in [-0.25, -0.2) is 0 Å². The van der Waals surface area contributed by atoms with Crippen LogP contribution >= 0.6 is 11.6 Å². The van der Waals surface area contributed by atoms with Gasteiger partial charge in [0.2, 0.25) is 0 Å². The fraction of sp³-hybridized carbons (Fsp3) is 0.625. The van der Waals surface area contributed by atoms with Crippen molar-refractivity contribution in [3.05, 3.63) is 34.9 Å². The molecule has 1 aliphatic rings. The summed E-state index contributed by atoms with van der Waals surface area (Å²) in [5.41, 5.74) is 7.35. The van der Waals surface area contributed by atoms with E-state index in [2.05, 4.69) is 30.9 Å². The molecular weight excluding hydrogens is 256 g/mol. The van der Waals surface area contributed by atoms with Crippen LogP contribution in [0.3, 0.4) is 0 Å². The average molecular weight is 281 g/mol. The van der Waals surface area contributed by atoms with Crippen LogP contribution in [0, 0.1) is 5.92 Å². The zero-order chi connectivity index (χ0) is 13.8. The summed E-state index contributed by atoms with van der Waals surface area (Å²) < 4.78 is 0. The Balaban J connectivity index is 2.18. The maximum atomic E-state index is 5.99. The van der Waals surface area contributed by atoms with Crippen molar-refractivity contribution in [3.8, 4) is 0 Å². The zero-order valence-corrected chi connectivity index (χ0v) is 12.7. The van der Waals surface area contributed by atoms with Crippen molar-refractivity contribution >= 4 is 11.6 Å². The third-order valence-electron chi connectivity index (χ3n) is 4.34. The van der Waals surface area contributed by atoms with Crippen LogP contribution < -0.4 is 5.73 Å². The van der Waals surface area contributed by atoms with Crippen LogP contribution in [0.25, 0.3) is 0 Å². The first kappa shape index (κ1) is 14.8. The average Bonchev–Trinajstić information content (AvgIpc) is 2.43. The van der Waals surface area contributed by atoms with E-state index in [0.717, 1.165) is 30.5 Å². The Labute approximate surface area is 121 Å². The van der Waals surface area contributed by atoms with Crippen LogP contribution in [0.2, 0.25) is 5.02 Å². The smallest absolute Gasteiger partial charge is 0.0406 e. The number of hydrogen-bond acceptors (Lipinski definition) is 2. The Kier molecular flexibility index (Phi) is 5.26. The lowest BCUT2D eigenvalue weighted by atomic mass is 9.89. The summed E-state index contributed by atoms with van der Waals surface area (Å²) in [5, 5.41) is 0.807. The number of hydrogen-bond donors (Lipinski definition) is 1. The summed E-state index contributed by atoms with van der Waals surface area (Å²) in [4.78, 5) is 2.60. The Bertz CT molecular complexity index is 390. The van der Waals surface area contributed by atoms with E-state index in [1.54, 1.807) is 0 Å². The van der Waals surface area contributed by atoms with E-state index in [1.165, 1.54) is 18.4 Å². The molecule has 1 aliphatic heterocycles. The van der Waals surface area contributed by atoms with Gasteiger partial charge in [0.15, 0.2) is 0 Å². The summed E-state index contributed by atoms with van der Waals surface area (Å²) in [7, 11) is 0. The van der Waals surface area contributed by atoms with Gasteiger partial charge in [-0.3, -0.25) is 4.90 Å². The van der Waals surface area contributed by atoms with Crippen LogP contribution in [0.5, 0.6) is 0 Å². The van der Waals surface area contributed by atoms with Crippen LogP contribution in [0.15, 0.2) is 24.3 Å². The molecule has 1 saturated heterocycles. The van der Waals surface area contributed by atoms with E-state index in [0.29, 0.717) is 12.1 Å². The van der Waals surface area contributed by atoms with Crippen molar-refractivity contribution in [1.82, 2.24) is 4.90 Å². The van der Waals surface area contributed by atoms with Gasteiger partial charge in [0.25, 0.3) is 0 Å². The molecule has 2 nitrogen and oxygen atoms in total. The third kappa shape index (κ3) is 3.50. The molecule has 3 unspecified atom stereocenters. The van der Waals surface area contributed by atoms with Crippen LogP contribution in [0.4, 0.5) is 0 Å². The predicted molar refractivity (Wildman–Crippen MR) is 82.4 cm³/mol. The Morgan fingerprint density at radius 1 is 1.37 bits per heavy atom. The third-order valence-corrected chi connectivity index (χ3v) is 4.59. The largest absolute Gasteiger partial charge is 0.329 e. The molecule has 1 fully saturated rings. The Morgan fingerprint density at radius 2 is 2.05 bits per heavy atom. The van der Waals surface area contributed by atoms with Crippen molar-refractivity contribution in [3.63, 3.8) is 0 Å². The van der Waals surface area contributed by atoms with Crippen molar-refractivity contribution < 1.29 is 0 Å². The monoisotopic (exact) mass is 280 g/mol. The molecule has 3 heteroatoms. The second-order valence-corrected chi connectivity index (χ2v) is 6.17. The van der Waals surface area contributed by atoms with E-state index in [1.807, 2.05) is 12.1 Å². The van der Waals surface area contributed by atoms with E-state index in [-0.39, 0.29) is 0 Å². The van der Waals surface area contributed by atoms with Gasteiger partial charge in [-0.15, -0.1) is 0 Å². The lowest BCUT2D eigenvalue weighted by Gasteiger charge is -2.43. The Hall–Kier alpha value is -0.570. The number of nitrogens with zero attached hydrogens (tertiary/aromatic N) is 1. The first-order valence-corrected chi connectivity index (χ1v) is 7.74. The summed E-state index contributed by atoms with van der Waals surface area (Å²) >= 11 is 5.99. The van der Waals surface area contributed by atoms with Gasteiger partial charge in [-0.05, 0) is 49.4 Å². The number of rotatable bonds is 4. The van der Waals surface area contributed by atoms with E-state index >= 15 is 0 Å². The first-order valence-electron chi connectivity index (χ1n) is 7.37. The molecule has 106 valence electrons. The molecule has 1 aromatic carbocycles. The molecular formula is C16H25ClN2. The predicted octanol–water partition coefficient (Wildman–Crippen LogP) is 3.85. The van der Waals surface area contributed by atoms with Gasteiger partial charge in [-0.1, -0.05) is 37.6 Å². The molecule has 2 rings (SSSR count). The summed E-state index contributed by atoms with van der Waals surface area (Å²) in [6.45, 7) is 6.51. The normalized spacial score (nSPS) is 26.3. The topological polar surface area (TPSA) is 29.3 Å². The number of likely N-dealkylation sites (tertiary alicyclic amines) is 1. The van der Waals surface area contributed by atoms with Gasteiger partial charge >= 0.3 is 0 Å². The minimum absolute atomic E-state index is 0.471. The number of benzene rings is 1.